The number of nitrogens with zero attached hydrogens (tertiary/aromatic N) is 10. The fraction of sp³-hybridized carbons (Fsp3) is 0.208. The van der Waals surface area contributed by atoms with E-state index in [9.17, 15) is 0 Å². The molecule has 0 aliphatic rings. The van der Waals surface area contributed by atoms with Crippen molar-refractivity contribution < 1.29 is 75.1 Å². The molecule has 15 heteroatoms. The van der Waals surface area contributed by atoms with E-state index in [4.69, 9.17) is 52.2 Å². The summed E-state index contributed by atoms with van der Waals surface area (Å²) in [6.45, 7) is -1.05. The molecule has 15 heterocycles. The highest BCUT2D eigenvalue weighted by Gasteiger charge is 2.29. The SMILES string of the molecule is [2H]C([2H])([2H])C([2H])(C)c1cc[n+](C)c(-c2c(C)ccc3c2oc2ncccc23)c1.[2H]C([2H])([2H])c1c[n+](C)c(-c2c(C)cc(C([2H])([2H])[2H])c3c2oc2ncccc23)cc1C.[2H]C([2H])([2H])c1c[n+](C)c(-c2c(C)ccc3c2oc2ncccc23)cc1C.[2H]C([2H])([2H])c1ccc(-c2c(C)cc(C([2H])([2H])[2H])c3c2oc2ncccc23)[n+](C)c1.[2H]C([2H])([2H])c1ccc(-c2c(C)ccc3c2oc2ncccc23)[n+](C)c1. The van der Waals surface area contributed by atoms with E-state index >= 15 is 0 Å². The molecule has 5 aromatic carbocycles. The number of hydrogen-bond acceptors (Lipinski definition) is 10. The van der Waals surface area contributed by atoms with E-state index in [1.807, 2.05) is 149 Å². The van der Waals surface area contributed by atoms with E-state index in [-0.39, 0.29) is 22.3 Å². The van der Waals surface area contributed by atoms with Gasteiger partial charge in [-0.05, 0) is 224 Å². The van der Waals surface area contributed by atoms with Crippen molar-refractivity contribution in [1.82, 2.24) is 24.9 Å². The van der Waals surface area contributed by atoms with Crippen molar-refractivity contribution in [2.45, 2.75) is 109 Å². The average molecular weight is 1550 g/mol. The molecule has 0 saturated heterocycles. The largest absolute Gasteiger partial charge is 0.437 e. The molecule has 0 N–H and O–H groups in total. The minimum atomic E-state index is -2.44. The number of aromatic nitrogens is 10. The lowest BCUT2D eigenvalue weighted by Gasteiger charge is -2.09. The van der Waals surface area contributed by atoms with Crippen LogP contribution in [0.15, 0.2) is 242 Å². The molecule has 15 aromatic heterocycles. The summed E-state index contributed by atoms with van der Waals surface area (Å²) >= 11 is 0. The van der Waals surface area contributed by atoms with E-state index in [1.165, 1.54) is 6.92 Å². The Balaban J connectivity index is 0.000000125. The zero-order valence-electron chi connectivity index (χ0n) is 88.3. The number of hydrogen-bond donors (Lipinski definition) is 0. The summed E-state index contributed by atoms with van der Waals surface area (Å²) in [5.74, 6) is -1.72. The second-order valence-electron chi connectivity index (χ2n) is 29.4. The predicted molar refractivity (Wildman–Crippen MR) is 466 cm³/mol. The lowest BCUT2D eigenvalue weighted by atomic mass is 9.96. The van der Waals surface area contributed by atoms with E-state index < -0.39 is 53.9 Å². The van der Waals surface area contributed by atoms with Crippen LogP contribution >= 0.6 is 0 Å². The molecule has 20 rings (SSSR count). The molecule has 0 saturated carbocycles. The zero-order chi connectivity index (χ0) is 99.8. The Labute approximate surface area is 706 Å². The number of furan rings is 5. The van der Waals surface area contributed by atoms with Crippen LogP contribution in [-0.4, -0.2) is 24.9 Å². The highest BCUT2D eigenvalue weighted by molar-refractivity contribution is 6.14. The third-order valence-corrected chi connectivity index (χ3v) is 21.4. The van der Waals surface area contributed by atoms with Gasteiger partial charge in [0, 0.05) is 174 Å². The standard InChI is InChI=1S/2C21H21N2O.2C20H19N2O.C19H17N2O/c1-12-10-17(23(5)11-15(12)4)19-14(3)9-13(2)18-16-7-6-8-22-21(16)24-20(18)19;1-13(2)15-9-11-23(4)18(12-15)19-14(3)7-8-16-17-6-5-10-22-21(17)24-20(16)19;1-12-7-8-15-16-6-5-9-21-20(16)23-19(15)18(12)17-10-13(2)14(3)11-22(17)4;1-12-7-8-16(22(4)11-12)18-14(3)10-13(2)17-15-6-5-9-21-20(15)23-19(17)18;1-12-6-9-16(21(3)11-12)17-13(2)7-8-14-15-5-4-10-20-19(15)22-18(14)17/h6-11H,1-5H3;5-13H,1-4H3;2*5-11H,1-4H3;4-11H,1-3H3/q5*+1/i2D3,4D3;1D3,13D;3D3;1D3,2D3;1D3. The Bertz CT molecular complexity index is 8260. The number of pyridine rings is 10. The Morgan fingerprint density at radius 3 is 1.00 bits per heavy atom. The van der Waals surface area contributed by atoms with Crippen LogP contribution in [0.1, 0.15) is 128 Å². The molecular weight excluding hydrogens is 1430 g/mol. The lowest BCUT2D eigenvalue weighted by molar-refractivity contribution is -0.660. The normalized spacial score (nSPS) is 15.6. The first-order valence-corrected chi connectivity index (χ1v) is 37.6. The molecule has 1 atom stereocenters. The fourth-order valence-electron chi connectivity index (χ4n) is 15.5. The smallest absolute Gasteiger partial charge is 0.227 e. The quantitative estimate of drug-likeness (QED) is 0.147. The first kappa shape index (κ1) is 54.3. The molecule has 576 valence electrons. The van der Waals surface area contributed by atoms with Crippen LogP contribution in [0, 0.1) is 89.6 Å². The fourth-order valence-corrected chi connectivity index (χ4v) is 15.5. The maximum atomic E-state index is 8.45. The average Bonchev–Trinajstić information content (AvgIpc) is 1.57. The molecule has 0 radical (unpaired) electrons. The Kier molecular flexibility index (Phi) is 14.4. The van der Waals surface area contributed by atoms with E-state index in [0.29, 0.717) is 94.7 Å². The molecule has 0 fully saturated rings. The van der Waals surface area contributed by atoms with Crippen molar-refractivity contribution in [3.63, 3.8) is 0 Å². The van der Waals surface area contributed by atoms with Crippen molar-refractivity contribution in [3.05, 3.63) is 298 Å². The minimum Gasteiger partial charge on any atom is -0.437 e. The zero-order valence-corrected chi connectivity index (χ0v) is 66.3. The summed E-state index contributed by atoms with van der Waals surface area (Å²) < 4.78 is 211. The molecular formula is C101H97N10O5+5. The minimum absolute atomic E-state index is 0.210. The van der Waals surface area contributed by atoms with E-state index in [0.717, 1.165) is 128 Å². The monoisotopic (exact) mass is 1550 g/mol. The predicted octanol–water partition coefficient (Wildman–Crippen LogP) is 22.5. The molecule has 0 spiro atoms. The van der Waals surface area contributed by atoms with Crippen LogP contribution in [0.2, 0.25) is 0 Å². The Morgan fingerprint density at radius 1 is 0.293 bits per heavy atom. The van der Waals surface area contributed by atoms with Gasteiger partial charge in [0.15, 0.2) is 58.9 Å². The van der Waals surface area contributed by atoms with Crippen molar-refractivity contribution in [3.8, 4) is 56.3 Å². The Morgan fingerprint density at radius 2 is 0.629 bits per heavy atom. The van der Waals surface area contributed by atoms with Gasteiger partial charge in [0.2, 0.25) is 57.0 Å². The van der Waals surface area contributed by atoms with Crippen LogP contribution < -0.4 is 22.8 Å². The van der Waals surface area contributed by atoms with Gasteiger partial charge in [-0.25, -0.2) is 47.8 Å². The van der Waals surface area contributed by atoms with E-state index in [1.54, 1.807) is 165 Å². The van der Waals surface area contributed by atoms with Crippen LogP contribution in [0.5, 0.6) is 0 Å². The van der Waals surface area contributed by atoms with Crippen LogP contribution in [0.4, 0.5) is 0 Å². The van der Waals surface area contributed by atoms with Gasteiger partial charge in [-0.15, -0.1) is 0 Å². The molecule has 0 aliphatic carbocycles. The first-order chi connectivity index (χ1) is 64.6. The van der Waals surface area contributed by atoms with Gasteiger partial charge in [0.05, 0.1) is 27.8 Å². The second-order valence-corrected chi connectivity index (χ2v) is 29.4. The third-order valence-electron chi connectivity index (χ3n) is 21.4. The van der Waals surface area contributed by atoms with Gasteiger partial charge < -0.3 is 22.1 Å². The van der Waals surface area contributed by atoms with Crippen LogP contribution in [0.3, 0.4) is 0 Å². The van der Waals surface area contributed by atoms with Gasteiger partial charge in [0.25, 0.3) is 0 Å². The topological polar surface area (TPSA) is 150 Å². The lowest BCUT2D eigenvalue weighted by Crippen LogP contribution is -2.31. The highest BCUT2D eigenvalue weighted by Crippen LogP contribution is 2.43. The maximum Gasteiger partial charge on any atom is 0.227 e. The van der Waals surface area contributed by atoms with Crippen LogP contribution in [0.25, 0.3) is 167 Å². The molecule has 116 heavy (non-hydrogen) atoms. The molecule has 15 nitrogen and oxygen atoms in total. The highest BCUT2D eigenvalue weighted by atomic mass is 16.4. The van der Waals surface area contributed by atoms with Gasteiger partial charge in [-0.1, -0.05) is 62.3 Å². The second kappa shape index (κ2) is 30.8. The van der Waals surface area contributed by atoms with Gasteiger partial charge in [-0.3, -0.25) is 0 Å². The number of benzene rings is 5. The third kappa shape index (κ3) is 13.9. The number of aryl methyl sites for hydroxylation is 18. The van der Waals surface area contributed by atoms with Crippen LogP contribution in [-0.2, 0) is 35.2 Å². The summed E-state index contributed by atoms with van der Waals surface area (Å²) in [7, 11) is 9.14. The summed E-state index contributed by atoms with van der Waals surface area (Å²) in [4.78, 5) is 21.4. The van der Waals surface area contributed by atoms with Gasteiger partial charge in [0.1, 0.15) is 35.2 Å². The molecule has 0 amide bonds. The molecule has 1 unspecified atom stereocenters. The Hall–Kier alpha value is -13.4. The van der Waals surface area contributed by atoms with Crippen molar-refractivity contribution in [2.24, 2.45) is 35.2 Å². The maximum absolute atomic E-state index is 8.45. The molecule has 0 bridgehead atoms. The van der Waals surface area contributed by atoms with Crippen molar-refractivity contribution >= 4 is 110 Å². The van der Waals surface area contributed by atoms with Crippen molar-refractivity contribution in [1.29, 1.82) is 0 Å². The summed E-state index contributed by atoms with van der Waals surface area (Å²) in [5.41, 5.74) is 21.9. The number of rotatable bonds is 6. The summed E-state index contributed by atoms with van der Waals surface area (Å²) in [6, 6.07) is 48.2. The van der Waals surface area contributed by atoms with E-state index in [2.05, 4.69) is 37.1 Å². The molecule has 0 aliphatic heterocycles. The summed E-state index contributed by atoms with van der Waals surface area (Å²) in [6.07, 6.45) is 16.6. The number of fused-ring (bicyclic) bond motifs is 15. The summed E-state index contributed by atoms with van der Waals surface area (Å²) in [5, 5.41) is 8.14. The first-order valence-electron chi connectivity index (χ1n) is 48.6. The molecule has 20 aromatic rings. The van der Waals surface area contributed by atoms with Gasteiger partial charge >= 0.3 is 0 Å². The van der Waals surface area contributed by atoms with Gasteiger partial charge in [-0.2, -0.15) is 0 Å². The van der Waals surface area contributed by atoms with Crippen molar-refractivity contribution in [2.75, 3.05) is 0 Å².